The van der Waals surface area contributed by atoms with Gasteiger partial charge >= 0.3 is 5.63 Å². The van der Waals surface area contributed by atoms with Gasteiger partial charge in [-0.15, -0.1) is 6.58 Å². The lowest BCUT2D eigenvalue weighted by atomic mass is 10.0. The molecular formula is C24H24F2O3. The molecule has 0 saturated carbocycles. The van der Waals surface area contributed by atoms with Gasteiger partial charge < -0.3 is 9.15 Å². The molecule has 3 nitrogen and oxygen atoms in total. The quantitative estimate of drug-likeness (QED) is 0.238. The van der Waals surface area contributed by atoms with Crippen LogP contribution in [0.1, 0.15) is 31.7 Å². The number of ether oxygens (including phenoxy) is 1. The lowest BCUT2D eigenvalue weighted by Crippen LogP contribution is -2.15. The number of hydrogen-bond acceptors (Lipinski definition) is 3. The highest BCUT2D eigenvalue weighted by Gasteiger charge is 2.26. The zero-order valence-corrected chi connectivity index (χ0v) is 16.4. The molecule has 5 heteroatoms. The van der Waals surface area contributed by atoms with E-state index in [1.165, 1.54) is 11.6 Å². The maximum atomic E-state index is 13.4. The Kier molecular flexibility index (Phi) is 6.47. The fraction of sp³-hybridized carbons (Fsp3) is 0.292. The molecule has 0 aliphatic rings. The minimum Gasteiger partial charge on any atom is -0.493 e. The van der Waals surface area contributed by atoms with Gasteiger partial charge in [-0.2, -0.15) is 0 Å². The molecule has 29 heavy (non-hydrogen) atoms. The summed E-state index contributed by atoms with van der Waals surface area (Å²) in [5.74, 6) is -2.28. The molecule has 3 rings (SSSR count). The molecule has 0 amide bonds. The molecule has 152 valence electrons. The largest absolute Gasteiger partial charge is 0.493 e. The van der Waals surface area contributed by atoms with Crippen LogP contribution >= 0.6 is 0 Å². The molecule has 0 atom stereocenters. The van der Waals surface area contributed by atoms with Crippen molar-refractivity contribution >= 4 is 11.0 Å². The summed E-state index contributed by atoms with van der Waals surface area (Å²) in [6, 6.07) is 14.8. The molecule has 0 spiro atoms. The second-order valence-electron chi connectivity index (χ2n) is 7.00. The molecule has 0 radical (unpaired) electrons. The van der Waals surface area contributed by atoms with Crippen molar-refractivity contribution in [1.82, 2.24) is 0 Å². The van der Waals surface area contributed by atoms with E-state index < -0.39 is 11.5 Å². The Morgan fingerprint density at radius 2 is 1.90 bits per heavy atom. The van der Waals surface area contributed by atoms with E-state index in [0.29, 0.717) is 16.9 Å². The van der Waals surface area contributed by atoms with Gasteiger partial charge in [-0.3, -0.25) is 0 Å². The molecular weight excluding hydrogens is 374 g/mol. The van der Waals surface area contributed by atoms with E-state index in [1.807, 2.05) is 24.3 Å². The van der Waals surface area contributed by atoms with E-state index in [2.05, 4.69) is 13.5 Å². The van der Waals surface area contributed by atoms with Crippen LogP contribution in [0.4, 0.5) is 8.78 Å². The number of fused-ring (bicyclic) bond motifs is 1. The Morgan fingerprint density at radius 3 is 2.59 bits per heavy atom. The number of halogens is 2. The summed E-state index contributed by atoms with van der Waals surface area (Å²) in [7, 11) is 0. The van der Waals surface area contributed by atoms with Gasteiger partial charge in [0.25, 0.3) is 5.92 Å². The van der Waals surface area contributed by atoms with Crippen LogP contribution in [0.2, 0.25) is 0 Å². The van der Waals surface area contributed by atoms with Crippen molar-refractivity contribution in [2.24, 2.45) is 0 Å². The monoisotopic (exact) mass is 398 g/mol. The molecule has 0 aliphatic heterocycles. The summed E-state index contributed by atoms with van der Waals surface area (Å²) in [5, 5.41) is 0.768. The van der Waals surface area contributed by atoms with Crippen LogP contribution in [0.3, 0.4) is 0 Å². The van der Waals surface area contributed by atoms with Crippen LogP contribution in [0.5, 0.6) is 5.75 Å². The minimum absolute atomic E-state index is 0.157. The molecule has 3 aromatic rings. The predicted octanol–water partition coefficient (Wildman–Crippen LogP) is 6.39. The van der Waals surface area contributed by atoms with E-state index >= 15 is 0 Å². The van der Waals surface area contributed by atoms with Gasteiger partial charge in [0.2, 0.25) is 0 Å². The lowest BCUT2D eigenvalue weighted by molar-refractivity contribution is -0.00905. The first-order valence-corrected chi connectivity index (χ1v) is 9.70. The van der Waals surface area contributed by atoms with Crippen LogP contribution in [0.15, 0.2) is 70.4 Å². The van der Waals surface area contributed by atoms with Crippen molar-refractivity contribution in [2.45, 2.75) is 38.5 Å². The molecule has 0 saturated heterocycles. The van der Waals surface area contributed by atoms with Gasteiger partial charge in [-0.25, -0.2) is 13.6 Å². The molecule has 1 aromatic heterocycles. The molecule has 0 fully saturated rings. The fourth-order valence-electron chi connectivity index (χ4n) is 3.14. The van der Waals surface area contributed by atoms with Crippen LogP contribution in [0, 0.1) is 0 Å². The van der Waals surface area contributed by atoms with Crippen LogP contribution in [-0.2, 0) is 6.42 Å². The Labute approximate surface area is 168 Å². The summed E-state index contributed by atoms with van der Waals surface area (Å²) >= 11 is 0. The first-order valence-electron chi connectivity index (χ1n) is 9.70. The summed E-state index contributed by atoms with van der Waals surface area (Å²) in [4.78, 5) is 12.4. The molecule has 0 N–H and O–H groups in total. The molecule has 1 heterocycles. The normalized spacial score (nSPS) is 11.6. The standard InChI is InChI=1S/C24H24F2O3/c1-3-12-24(25,26)13-5-14-28-20-11-10-19-15-21(23(27)29-22(19)16-20)18-8-6-17(4-2)7-9-18/h3,6-11,15-16H,1,4-5,12-14H2,2H3. The van der Waals surface area contributed by atoms with Crippen molar-refractivity contribution in [1.29, 1.82) is 0 Å². The number of allylic oxidation sites excluding steroid dienone is 1. The predicted molar refractivity (Wildman–Crippen MR) is 112 cm³/mol. The van der Waals surface area contributed by atoms with E-state index in [-0.39, 0.29) is 25.9 Å². The molecule has 0 unspecified atom stereocenters. The van der Waals surface area contributed by atoms with Gasteiger partial charge in [0.05, 0.1) is 12.2 Å². The van der Waals surface area contributed by atoms with Crippen LogP contribution < -0.4 is 10.4 Å². The fourth-order valence-corrected chi connectivity index (χ4v) is 3.14. The minimum atomic E-state index is -2.76. The lowest BCUT2D eigenvalue weighted by Gasteiger charge is -2.14. The number of aryl methyl sites for hydroxylation is 1. The van der Waals surface area contributed by atoms with Gasteiger partial charge in [0.15, 0.2) is 0 Å². The van der Waals surface area contributed by atoms with E-state index in [4.69, 9.17) is 9.15 Å². The van der Waals surface area contributed by atoms with Crippen LogP contribution in [-0.4, -0.2) is 12.5 Å². The van der Waals surface area contributed by atoms with Crippen molar-refractivity contribution in [2.75, 3.05) is 6.61 Å². The zero-order chi connectivity index (χ0) is 20.9. The second kappa shape index (κ2) is 9.03. The topological polar surface area (TPSA) is 39.4 Å². The summed E-state index contributed by atoms with van der Waals surface area (Å²) in [6.45, 7) is 5.58. The Morgan fingerprint density at radius 1 is 1.14 bits per heavy atom. The van der Waals surface area contributed by atoms with Crippen molar-refractivity contribution in [3.8, 4) is 16.9 Å². The third-order valence-electron chi connectivity index (χ3n) is 4.78. The number of hydrogen-bond donors (Lipinski definition) is 0. The number of alkyl halides is 2. The molecule has 2 aromatic carbocycles. The maximum Gasteiger partial charge on any atom is 0.344 e. The van der Waals surface area contributed by atoms with Crippen molar-refractivity contribution in [3.63, 3.8) is 0 Å². The van der Waals surface area contributed by atoms with Crippen molar-refractivity contribution in [3.05, 3.63) is 77.2 Å². The van der Waals surface area contributed by atoms with E-state index in [1.54, 1.807) is 24.3 Å². The van der Waals surface area contributed by atoms with E-state index in [0.717, 1.165) is 17.4 Å². The highest BCUT2D eigenvalue weighted by molar-refractivity contribution is 5.82. The van der Waals surface area contributed by atoms with Gasteiger partial charge in [-0.05, 0) is 42.2 Å². The summed E-state index contributed by atoms with van der Waals surface area (Å²) < 4.78 is 37.9. The van der Waals surface area contributed by atoms with Gasteiger partial charge in [0, 0.05) is 24.3 Å². The van der Waals surface area contributed by atoms with Crippen LogP contribution in [0.25, 0.3) is 22.1 Å². The first kappa shape index (κ1) is 20.8. The Balaban J connectivity index is 1.72. The highest BCUT2D eigenvalue weighted by atomic mass is 19.3. The average molecular weight is 398 g/mol. The third kappa shape index (κ3) is 5.31. The van der Waals surface area contributed by atoms with Gasteiger partial charge in [-0.1, -0.05) is 37.3 Å². The molecule has 0 bridgehead atoms. The average Bonchev–Trinajstić information content (AvgIpc) is 2.70. The number of rotatable bonds is 9. The number of benzene rings is 2. The SMILES string of the molecule is C=CCC(F)(F)CCCOc1ccc2cc(-c3ccc(CC)cc3)c(=O)oc2c1. The smallest absolute Gasteiger partial charge is 0.344 e. The molecule has 0 aliphatic carbocycles. The Bertz CT molecular complexity index is 1040. The first-order chi connectivity index (χ1) is 13.9. The second-order valence-corrected chi connectivity index (χ2v) is 7.00. The highest BCUT2D eigenvalue weighted by Crippen LogP contribution is 2.27. The van der Waals surface area contributed by atoms with Gasteiger partial charge in [0.1, 0.15) is 11.3 Å². The zero-order valence-electron chi connectivity index (χ0n) is 16.4. The summed E-state index contributed by atoms with van der Waals surface area (Å²) in [6.07, 6.45) is 1.77. The summed E-state index contributed by atoms with van der Waals surface area (Å²) in [5.41, 5.74) is 2.47. The Hall–Kier alpha value is -2.95. The van der Waals surface area contributed by atoms with Crippen molar-refractivity contribution < 1.29 is 17.9 Å². The maximum absolute atomic E-state index is 13.4. The van der Waals surface area contributed by atoms with E-state index in [9.17, 15) is 13.6 Å². The third-order valence-corrected chi connectivity index (χ3v) is 4.78.